The topological polar surface area (TPSA) is 93.3 Å². The summed E-state index contributed by atoms with van der Waals surface area (Å²) >= 11 is 0. The highest BCUT2D eigenvalue weighted by Gasteiger charge is 2.10. The third kappa shape index (κ3) is 3.76. The van der Waals surface area contributed by atoms with Gasteiger partial charge in [-0.25, -0.2) is 0 Å². The average molecular weight is 298 g/mol. The minimum absolute atomic E-state index is 0.00816. The van der Waals surface area contributed by atoms with Crippen LogP contribution in [0.5, 0.6) is 0 Å². The zero-order valence-corrected chi connectivity index (χ0v) is 11.9. The van der Waals surface area contributed by atoms with Gasteiger partial charge in [0.05, 0.1) is 22.6 Å². The molecular weight excluding hydrogens is 284 g/mol. The molecule has 6 nitrogen and oxygen atoms in total. The second-order valence-electron chi connectivity index (χ2n) is 4.72. The molecule has 1 heterocycles. The number of carboxylic acids is 1. The van der Waals surface area contributed by atoms with Crippen LogP contribution < -0.4 is 0 Å². The fraction of sp³-hybridized carbons (Fsp3) is 0.125. The molecule has 1 aromatic heterocycles. The summed E-state index contributed by atoms with van der Waals surface area (Å²) in [4.78, 5) is 25.7. The van der Waals surface area contributed by atoms with Gasteiger partial charge in [0.25, 0.3) is 5.69 Å². The van der Waals surface area contributed by atoms with Crippen LogP contribution in [0.3, 0.4) is 0 Å². The Kier molecular flexibility index (Phi) is 4.63. The third-order valence-corrected chi connectivity index (χ3v) is 3.05. The Labute approximate surface area is 126 Å². The molecule has 2 rings (SSSR count). The lowest BCUT2D eigenvalue weighted by atomic mass is 10.1. The highest BCUT2D eigenvalue weighted by atomic mass is 16.6. The number of hydrogen-bond donors (Lipinski definition) is 1. The van der Waals surface area contributed by atoms with E-state index in [4.69, 9.17) is 5.11 Å². The molecule has 0 radical (unpaired) electrons. The lowest BCUT2D eigenvalue weighted by molar-refractivity contribution is -0.385. The first kappa shape index (κ1) is 15.4. The fourth-order valence-electron chi connectivity index (χ4n) is 2.03. The highest BCUT2D eigenvalue weighted by molar-refractivity contribution is 5.77. The molecule has 0 spiro atoms. The molecule has 0 bridgehead atoms. The molecule has 0 fully saturated rings. The summed E-state index contributed by atoms with van der Waals surface area (Å²) in [5.41, 5.74) is 2.24. The van der Waals surface area contributed by atoms with Crippen molar-refractivity contribution in [2.75, 3.05) is 0 Å². The summed E-state index contributed by atoms with van der Waals surface area (Å²) in [7, 11) is 0. The number of benzene rings is 1. The predicted molar refractivity (Wildman–Crippen MR) is 82.3 cm³/mol. The van der Waals surface area contributed by atoms with Gasteiger partial charge >= 0.3 is 5.97 Å². The normalized spacial score (nSPS) is 10.8. The maximum atomic E-state index is 11.0. The van der Waals surface area contributed by atoms with Gasteiger partial charge in [-0.1, -0.05) is 18.2 Å². The lowest BCUT2D eigenvalue weighted by Gasteiger charge is -2.04. The molecule has 0 amide bonds. The van der Waals surface area contributed by atoms with E-state index in [0.29, 0.717) is 16.8 Å². The van der Waals surface area contributed by atoms with Gasteiger partial charge in [0.15, 0.2) is 0 Å². The van der Waals surface area contributed by atoms with Gasteiger partial charge in [0, 0.05) is 11.8 Å². The zero-order valence-electron chi connectivity index (χ0n) is 11.9. The molecule has 0 saturated heterocycles. The van der Waals surface area contributed by atoms with Crippen LogP contribution in [-0.2, 0) is 11.2 Å². The van der Waals surface area contributed by atoms with Crippen molar-refractivity contribution in [2.45, 2.75) is 13.3 Å². The van der Waals surface area contributed by atoms with Crippen LogP contribution in [0.15, 0.2) is 36.4 Å². The Morgan fingerprint density at radius 3 is 2.68 bits per heavy atom. The van der Waals surface area contributed by atoms with Gasteiger partial charge in [-0.3, -0.25) is 19.9 Å². The Morgan fingerprint density at radius 2 is 2.00 bits per heavy atom. The van der Waals surface area contributed by atoms with E-state index in [2.05, 4.69) is 4.98 Å². The standard InChI is InChI=1S/C16H14N2O4/c1-11-6-7-13(10-16(19)20)14(17-11)9-8-12-4-2-3-5-15(12)18(21)22/h2-9H,10H2,1H3,(H,19,20). The summed E-state index contributed by atoms with van der Waals surface area (Å²) in [6.07, 6.45) is 3.03. The smallest absolute Gasteiger partial charge is 0.307 e. The molecule has 0 atom stereocenters. The highest BCUT2D eigenvalue weighted by Crippen LogP contribution is 2.21. The number of carboxylic acid groups (broad SMARTS) is 1. The summed E-state index contributed by atoms with van der Waals surface area (Å²) in [5, 5.41) is 19.9. The molecule has 112 valence electrons. The minimum atomic E-state index is -0.953. The molecule has 0 aliphatic heterocycles. The number of nitro groups is 1. The maximum absolute atomic E-state index is 11.0. The lowest BCUT2D eigenvalue weighted by Crippen LogP contribution is -2.03. The Bertz CT molecular complexity index is 754. The van der Waals surface area contributed by atoms with Gasteiger partial charge in [-0.05, 0) is 36.8 Å². The van der Waals surface area contributed by atoms with Crippen molar-refractivity contribution in [3.05, 3.63) is 69.0 Å². The van der Waals surface area contributed by atoms with E-state index in [1.807, 2.05) is 0 Å². The van der Waals surface area contributed by atoms with Gasteiger partial charge < -0.3 is 5.11 Å². The summed E-state index contributed by atoms with van der Waals surface area (Å²) in [5.74, 6) is -0.953. The van der Waals surface area contributed by atoms with Crippen LogP contribution in [0.4, 0.5) is 5.69 Å². The van der Waals surface area contributed by atoms with Crippen LogP contribution >= 0.6 is 0 Å². The van der Waals surface area contributed by atoms with E-state index in [1.165, 1.54) is 6.07 Å². The molecule has 6 heteroatoms. The van der Waals surface area contributed by atoms with Crippen molar-refractivity contribution in [2.24, 2.45) is 0 Å². The van der Waals surface area contributed by atoms with Gasteiger partial charge in [0.2, 0.25) is 0 Å². The van der Waals surface area contributed by atoms with E-state index in [-0.39, 0.29) is 12.1 Å². The van der Waals surface area contributed by atoms with Gasteiger partial charge in [-0.2, -0.15) is 0 Å². The first-order valence-electron chi connectivity index (χ1n) is 6.57. The molecule has 1 N–H and O–H groups in total. The number of nitro benzene ring substituents is 1. The average Bonchev–Trinajstić information content (AvgIpc) is 2.47. The molecule has 0 saturated carbocycles. The number of aryl methyl sites for hydroxylation is 1. The van der Waals surface area contributed by atoms with Crippen molar-refractivity contribution >= 4 is 23.8 Å². The number of para-hydroxylation sites is 1. The van der Waals surface area contributed by atoms with E-state index in [9.17, 15) is 14.9 Å². The summed E-state index contributed by atoms with van der Waals surface area (Å²) in [6.45, 7) is 1.80. The van der Waals surface area contributed by atoms with Crippen molar-refractivity contribution in [1.29, 1.82) is 0 Å². The van der Waals surface area contributed by atoms with Crippen molar-refractivity contribution in [1.82, 2.24) is 4.98 Å². The molecular formula is C16H14N2O4. The Morgan fingerprint density at radius 1 is 1.27 bits per heavy atom. The Balaban J connectivity index is 2.40. The van der Waals surface area contributed by atoms with Crippen LogP contribution in [0.25, 0.3) is 12.2 Å². The predicted octanol–water partition coefficient (Wildman–Crippen LogP) is 3.10. The van der Waals surface area contributed by atoms with E-state index >= 15 is 0 Å². The van der Waals surface area contributed by atoms with Crippen molar-refractivity contribution < 1.29 is 14.8 Å². The van der Waals surface area contributed by atoms with E-state index in [0.717, 1.165) is 5.69 Å². The number of hydrogen-bond acceptors (Lipinski definition) is 4. The van der Waals surface area contributed by atoms with E-state index < -0.39 is 10.9 Å². The van der Waals surface area contributed by atoms with Crippen LogP contribution in [0, 0.1) is 17.0 Å². The first-order chi connectivity index (χ1) is 10.5. The van der Waals surface area contributed by atoms with Gasteiger partial charge in [-0.15, -0.1) is 0 Å². The molecule has 0 aliphatic carbocycles. The zero-order chi connectivity index (χ0) is 16.1. The summed E-state index contributed by atoms with van der Waals surface area (Å²) < 4.78 is 0. The molecule has 0 aliphatic rings. The number of aromatic nitrogens is 1. The molecule has 0 unspecified atom stereocenters. The van der Waals surface area contributed by atoms with Crippen molar-refractivity contribution in [3.8, 4) is 0 Å². The largest absolute Gasteiger partial charge is 0.481 e. The van der Waals surface area contributed by atoms with Crippen LogP contribution in [0.1, 0.15) is 22.5 Å². The Hall–Kier alpha value is -3.02. The summed E-state index contributed by atoms with van der Waals surface area (Å²) in [6, 6.07) is 9.78. The number of rotatable bonds is 5. The second-order valence-corrected chi connectivity index (χ2v) is 4.72. The SMILES string of the molecule is Cc1ccc(CC(=O)O)c(C=Cc2ccccc2[N+](=O)[O-])n1. The quantitative estimate of drug-likeness (QED) is 0.676. The number of nitrogens with zero attached hydrogens (tertiary/aromatic N) is 2. The molecule has 22 heavy (non-hydrogen) atoms. The second kappa shape index (κ2) is 6.62. The van der Waals surface area contributed by atoms with Gasteiger partial charge in [0.1, 0.15) is 0 Å². The third-order valence-electron chi connectivity index (χ3n) is 3.05. The minimum Gasteiger partial charge on any atom is -0.481 e. The van der Waals surface area contributed by atoms with Crippen molar-refractivity contribution in [3.63, 3.8) is 0 Å². The van der Waals surface area contributed by atoms with Crippen LogP contribution in [-0.4, -0.2) is 21.0 Å². The first-order valence-corrected chi connectivity index (χ1v) is 6.57. The molecule has 2 aromatic rings. The fourth-order valence-corrected chi connectivity index (χ4v) is 2.03. The number of aliphatic carboxylic acids is 1. The van der Waals surface area contributed by atoms with Crippen LogP contribution in [0.2, 0.25) is 0 Å². The molecule has 1 aromatic carbocycles. The van der Waals surface area contributed by atoms with E-state index in [1.54, 1.807) is 49.4 Å². The maximum Gasteiger partial charge on any atom is 0.307 e. The number of pyridine rings is 1. The monoisotopic (exact) mass is 298 g/mol. The number of carbonyl (C=O) groups is 1.